The Morgan fingerprint density at radius 2 is 2.07 bits per heavy atom. The normalized spacial score (nSPS) is 28.8. The second kappa shape index (κ2) is 6.05. The van der Waals surface area contributed by atoms with Crippen LogP contribution in [-0.2, 0) is 0 Å². The first-order valence-electron chi connectivity index (χ1n) is 5.92. The Morgan fingerprint density at radius 3 is 2.71 bits per heavy atom. The number of rotatable bonds is 4. The largest absolute Gasteiger partial charge is 0.390 e. The fourth-order valence-corrected chi connectivity index (χ4v) is 2.66. The van der Waals surface area contributed by atoms with Crippen LogP contribution in [-0.4, -0.2) is 12.9 Å². The summed E-state index contributed by atoms with van der Waals surface area (Å²) in [5.41, 5.74) is 5.27. The molecule has 1 aliphatic carbocycles. The smallest absolute Gasteiger partial charge is 0.0797 e. The molecule has 82 valence electrons. The molecule has 1 fully saturated rings. The quantitative estimate of drug-likeness (QED) is 0.545. The molecule has 0 aromatic heterocycles. The Hall–Kier alpha value is -0.530. The van der Waals surface area contributed by atoms with E-state index < -0.39 is 0 Å². The summed E-state index contributed by atoms with van der Waals surface area (Å²) in [5, 5.41) is 0. The topological polar surface area (TPSA) is 38.4 Å². The Balaban J connectivity index is 2.28. The zero-order valence-electron chi connectivity index (χ0n) is 9.58. The van der Waals surface area contributed by atoms with Crippen LogP contribution in [0.4, 0.5) is 0 Å². The Labute approximate surface area is 88.0 Å². The van der Waals surface area contributed by atoms with Crippen molar-refractivity contribution in [1.82, 2.24) is 0 Å². The lowest BCUT2D eigenvalue weighted by Crippen LogP contribution is -2.19. The predicted molar refractivity (Wildman–Crippen MR) is 62.4 cm³/mol. The van der Waals surface area contributed by atoms with Gasteiger partial charge < -0.3 is 5.73 Å². The number of hydrogen-bond donors (Lipinski definition) is 1. The molecule has 1 aliphatic rings. The van der Waals surface area contributed by atoms with E-state index in [1.165, 1.54) is 38.4 Å². The van der Waals surface area contributed by atoms with Gasteiger partial charge in [0.15, 0.2) is 0 Å². The van der Waals surface area contributed by atoms with Gasteiger partial charge in [0.05, 0.1) is 6.34 Å². The molecular weight excluding hydrogens is 172 g/mol. The average Bonchev–Trinajstić information content (AvgIpc) is 2.14. The highest BCUT2D eigenvalue weighted by atomic mass is 14.8. The van der Waals surface area contributed by atoms with Crippen LogP contribution in [0.3, 0.4) is 0 Å². The summed E-state index contributed by atoms with van der Waals surface area (Å²) in [6.45, 7) is 5.59. The zero-order valence-corrected chi connectivity index (χ0v) is 9.58. The maximum atomic E-state index is 5.27. The van der Waals surface area contributed by atoms with Crippen LogP contribution in [0.1, 0.15) is 46.0 Å². The molecule has 0 aromatic carbocycles. The van der Waals surface area contributed by atoms with Crippen molar-refractivity contribution in [1.29, 1.82) is 0 Å². The summed E-state index contributed by atoms with van der Waals surface area (Å²) >= 11 is 0. The van der Waals surface area contributed by atoms with Crippen molar-refractivity contribution in [3.63, 3.8) is 0 Å². The molecule has 0 amide bonds. The number of nitrogens with zero attached hydrogens (tertiary/aromatic N) is 1. The molecule has 2 unspecified atom stereocenters. The summed E-state index contributed by atoms with van der Waals surface area (Å²) in [6.07, 6.45) is 8.39. The van der Waals surface area contributed by atoms with Crippen molar-refractivity contribution in [3.05, 3.63) is 0 Å². The van der Waals surface area contributed by atoms with E-state index in [4.69, 9.17) is 5.73 Å². The van der Waals surface area contributed by atoms with Crippen LogP contribution in [0.5, 0.6) is 0 Å². The van der Waals surface area contributed by atoms with Gasteiger partial charge in [-0.3, -0.25) is 4.99 Å². The minimum Gasteiger partial charge on any atom is -0.390 e. The predicted octanol–water partition coefficient (Wildman–Crippen LogP) is 2.83. The Kier molecular flexibility index (Phi) is 4.99. The molecule has 2 nitrogen and oxygen atoms in total. The van der Waals surface area contributed by atoms with Crippen molar-refractivity contribution in [2.75, 3.05) is 6.54 Å². The van der Waals surface area contributed by atoms with Gasteiger partial charge in [-0.2, -0.15) is 0 Å². The van der Waals surface area contributed by atoms with Gasteiger partial charge in [0, 0.05) is 6.54 Å². The molecular formula is C12H24N2. The third-order valence-electron chi connectivity index (χ3n) is 3.17. The summed E-state index contributed by atoms with van der Waals surface area (Å²) in [7, 11) is 0. The van der Waals surface area contributed by atoms with Crippen molar-refractivity contribution in [2.45, 2.75) is 46.0 Å². The van der Waals surface area contributed by atoms with Crippen LogP contribution in [0, 0.1) is 17.8 Å². The lowest BCUT2D eigenvalue weighted by molar-refractivity contribution is 0.241. The lowest BCUT2D eigenvalue weighted by atomic mass is 9.78. The SMILES string of the molecule is CC(C)CC1CCCC(CN=CN)C1. The molecule has 2 N–H and O–H groups in total. The summed E-state index contributed by atoms with van der Waals surface area (Å²) in [4.78, 5) is 4.16. The number of hydrogen-bond acceptors (Lipinski definition) is 1. The molecule has 1 rings (SSSR count). The molecule has 0 spiro atoms. The molecule has 0 radical (unpaired) electrons. The van der Waals surface area contributed by atoms with Crippen LogP contribution in [0.15, 0.2) is 4.99 Å². The summed E-state index contributed by atoms with van der Waals surface area (Å²) in [5.74, 6) is 2.59. The van der Waals surface area contributed by atoms with Crippen molar-refractivity contribution in [3.8, 4) is 0 Å². The maximum Gasteiger partial charge on any atom is 0.0797 e. The highest BCUT2D eigenvalue weighted by molar-refractivity contribution is 5.51. The van der Waals surface area contributed by atoms with Gasteiger partial charge in [-0.05, 0) is 37.0 Å². The third-order valence-corrected chi connectivity index (χ3v) is 3.17. The minimum atomic E-state index is 0.798. The maximum absolute atomic E-state index is 5.27. The van der Waals surface area contributed by atoms with Gasteiger partial charge in [0.2, 0.25) is 0 Å². The summed E-state index contributed by atoms with van der Waals surface area (Å²) < 4.78 is 0. The molecule has 14 heavy (non-hydrogen) atoms. The molecule has 2 heteroatoms. The van der Waals surface area contributed by atoms with E-state index >= 15 is 0 Å². The van der Waals surface area contributed by atoms with Crippen molar-refractivity contribution in [2.24, 2.45) is 28.5 Å². The number of aliphatic imine (C=N–C) groups is 1. The van der Waals surface area contributed by atoms with Gasteiger partial charge in [0.1, 0.15) is 0 Å². The second-order valence-electron chi connectivity index (χ2n) is 5.04. The highest BCUT2D eigenvalue weighted by Gasteiger charge is 2.21. The van der Waals surface area contributed by atoms with E-state index in [1.54, 1.807) is 0 Å². The lowest BCUT2D eigenvalue weighted by Gasteiger charge is -2.29. The minimum absolute atomic E-state index is 0.798. The van der Waals surface area contributed by atoms with Crippen LogP contribution in [0.25, 0.3) is 0 Å². The van der Waals surface area contributed by atoms with E-state index in [0.29, 0.717) is 0 Å². The highest BCUT2D eigenvalue weighted by Crippen LogP contribution is 2.32. The molecule has 2 atom stereocenters. The number of nitrogens with two attached hydrogens (primary N) is 1. The average molecular weight is 196 g/mol. The molecule has 1 saturated carbocycles. The van der Waals surface area contributed by atoms with Crippen LogP contribution in [0.2, 0.25) is 0 Å². The first kappa shape index (κ1) is 11.5. The van der Waals surface area contributed by atoms with E-state index in [-0.39, 0.29) is 0 Å². The van der Waals surface area contributed by atoms with Gasteiger partial charge in [-0.1, -0.05) is 26.7 Å². The molecule has 0 saturated heterocycles. The van der Waals surface area contributed by atoms with E-state index in [9.17, 15) is 0 Å². The monoisotopic (exact) mass is 196 g/mol. The molecule has 0 heterocycles. The van der Waals surface area contributed by atoms with Crippen molar-refractivity contribution >= 4 is 6.34 Å². The van der Waals surface area contributed by atoms with Crippen LogP contribution < -0.4 is 5.73 Å². The molecule has 0 bridgehead atoms. The third kappa shape index (κ3) is 4.12. The van der Waals surface area contributed by atoms with E-state index in [0.717, 1.165) is 24.3 Å². The first-order valence-corrected chi connectivity index (χ1v) is 5.92. The standard InChI is InChI=1S/C12H24N2/c1-10(2)6-11-4-3-5-12(7-11)8-14-9-13/h9-12H,3-8H2,1-2H3,(H2,13,14). The van der Waals surface area contributed by atoms with Gasteiger partial charge >= 0.3 is 0 Å². The fourth-order valence-electron chi connectivity index (χ4n) is 2.66. The molecule has 0 aromatic rings. The van der Waals surface area contributed by atoms with E-state index in [1.807, 2.05) is 0 Å². The molecule has 0 aliphatic heterocycles. The summed E-state index contributed by atoms with van der Waals surface area (Å²) in [6, 6.07) is 0. The second-order valence-corrected chi connectivity index (χ2v) is 5.04. The fraction of sp³-hybridized carbons (Fsp3) is 0.917. The van der Waals surface area contributed by atoms with Crippen molar-refractivity contribution < 1.29 is 0 Å². The first-order chi connectivity index (χ1) is 6.72. The van der Waals surface area contributed by atoms with Gasteiger partial charge in [-0.25, -0.2) is 0 Å². The Bertz CT molecular complexity index is 175. The zero-order chi connectivity index (χ0) is 10.4. The van der Waals surface area contributed by atoms with E-state index in [2.05, 4.69) is 18.8 Å². The van der Waals surface area contributed by atoms with Crippen LogP contribution >= 0.6 is 0 Å². The van der Waals surface area contributed by atoms with Gasteiger partial charge in [-0.15, -0.1) is 0 Å². The Morgan fingerprint density at radius 1 is 1.36 bits per heavy atom. The van der Waals surface area contributed by atoms with Gasteiger partial charge in [0.25, 0.3) is 0 Å².